The maximum Gasteiger partial charge on any atom is 0.141 e. The lowest BCUT2D eigenvalue weighted by Crippen LogP contribution is -2.10. The fourth-order valence-corrected chi connectivity index (χ4v) is 1.10. The summed E-state index contributed by atoms with van der Waals surface area (Å²) in [5, 5.41) is 0. The lowest BCUT2D eigenvalue weighted by molar-refractivity contribution is 0.603. The Balaban J connectivity index is 2.65. The summed E-state index contributed by atoms with van der Waals surface area (Å²) in [7, 11) is 0. The number of halogens is 1. The Hall–Kier alpha value is -1.22. The number of aromatic nitrogens is 1. The predicted molar refractivity (Wildman–Crippen MR) is 50.6 cm³/mol. The van der Waals surface area contributed by atoms with Crippen molar-refractivity contribution in [3.63, 3.8) is 0 Å². The van der Waals surface area contributed by atoms with Gasteiger partial charge in [-0.3, -0.25) is 4.98 Å². The van der Waals surface area contributed by atoms with Crippen LogP contribution in [0.5, 0.6) is 0 Å². The third-order valence-electron chi connectivity index (χ3n) is 1.84. The molecule has 0 spiro atoms. The van der Waals surface area contributed by atoms with Crippen molar-refractivity contribution in [1.29, 1.82) is 0 Å². The molecule has 0 aliphatic carbocycles. The highest BCUT2D eigenvalue weighted by Gasteiger charge is 2.05. The molecule has 0 radical (unpaired) electrons. The van der Waals surface area contributed by atoms with Crippen LogP contribution in [0.2, 0.25) is 0 Å². The molecule has 0 saturated carbocycles. The summed E-state index contributed by atoms with van der Waals surface area (Å²) < 4.78 is 12.7. The van der Waals surface area contributed by atoms with Crippen LogP contribution in [0.4, 0.5) is 4.39 Å². The Kier molecular flexibility index (Phi) is 3.58. The van der Waals surface area contributed by atoms with Crippen LogP contribution in [0.3, 0.4) is 0 Å². The molecule has 2 N–H and O–H groups in total. The van der Waals surface area contributed by atoms with E-state index in [1.54, 1.807) is 12.3 Å². The topological polar surface area (TPSA) is 38.9 Å². The maximum absolute atomic E-state index is 12.7. The fourth-order valence-electron chi connectivity index (χ4n) is 1.10. The molecule has 1 unspecified atom stereocenters. The van der Waals surface area contributed by atoms with Crippen molar-refractivity contribution >= 4 is 0 Å². The van der Waals surface area contributed by atoms with Crippen LogP contribution in [0.1, 0.15) is 24.4 Å². The third kappa shape index (κ3) is 2.95. The molecule has 1 aromatic heterocycles. The number of pyridine rings is 1. The summed E-state index contributed by atoms with van der Waals surface area (Å²) in [5.74, 6) is -0.341. The molecule has 0 fully saturated rings. The third-order valence-corrected chi connectivity index (χ3v) is 1.84. The number of nitrogens with zero attached hydrogens (tertiary/aromatic N) is 1. The van der Waals surface area contributed by atoms with Gasteiger partial charge in [0.2, 0.25) is 0 Å². The van der Waals surface area contributed by atoms with Crippen LogP contribution in [-0.2, 0) is 0 Å². The number of hydrogen-bond donors (Lipinski definition) is 1. The zero-order chi connectivity index (χ0) is 9.68. The predicted octanol–water partition coefficient (Wildman–Crippen LogP) is 2.19. The van der Waals surface area contributed by atoms with Gasteiger partial charge in [0.25, 0.3) is 0 Å². The summed E-state index contributed by atoms with van der Waals surface area (Å²) in [6.07, 6.45) is 6.17. The van der Waals surface area contributed by atoms with Gasteiger partial charge in [0.1, 0.15) is 5.82 Å². The van der Waals surface area contributed by atoms with Crippen LogP contribution in [0, 0.1) is 5.82 Å². The molecule has 1 rings (SSSR count). The minimum atomic E-state index is -0.341. The standard InChI is InChI=1S/C10H13FN2/c1-2-3-4-10(12)8-5-9(11)7-13-6-8/h2,5-7,10H,1,3-4,12H2. The Labute approximate surface area is 77.3 Å². The van der Waals surface area contributed by atoms with E-state index >= 15 is 0 Å². The van der Waals surface area contributed by atoms with Crippen molar-refractivity contribution in [1.82, 2.24) is 4.98 Å². The van der Waals surface area contributed by atoms with Crippen LogP contribution in [0.15, 0.2) is 31.1 Å². The minimum absolute atomic E-state index is 0.152. The second-order valence-corrected chi connectivity index (χ2v) is 2.91. The van der Waals surface area contributed by atoms with Crippen molar-refractivity contribution in [2.24, 2.45) is 5.73 Å². The van der Waals surface area contributed by atoms with Crippen molar-refractivity contribution in [3.8, 4) is 0 Å². The van der Waals surface area contributed by atoms with Gasteiger partial charge in [-0.15, -0.1) is 6.58 Å². The molecule has 0 amide bonds. The zero-order valence-corrected chi connectivity index (χ0v) is 7.41. The number of allylic oxidation sites excluding steroid dienone is 1. The van der Waals surface area contributed by atoms with Gasteiger partial charge in [-0.1, -0.05) is 6.08 Å². The lowest BCUT2D eigenvalue weighted by atomic mass is 10.1. The van der Waals surface area contributed by atoms with E-state index in [0.29, 0.717) is 0 Å². The van der Waals surface area contributed by atoms with Crippen LogP contribution >= 0.6 is 0 Å². The van der Waals surface area contributed by atoms with E-state index < -0.39 is 0 Å². The van der Waals surface area contributed by atoms with E-state index in [4.69, 9.17) is 5.73 Å². The Morgan fingerprint density at radius 1 is 1.62 bits per heavy atom. The molecular formula is C10H13FN2. The SMILES string of the molecule is C=CCCC(N)c1cncc(F)c1. The van der Waals surface area contributed by atoms with E-state index in [9.17, 15) is 4.39 Å². The van der Waals surface area contributed by atoms with Gasteiger partial charge in [0.15, 0.2) is 0 Å². The summed E-state index contributed by atoms with van der Waals surface area (Å²) in [6.45, 7) is 3.60. The Bertz CT molecular complexity index is 286. The van der Waals surface area contributed by atoms with Gasteiger partial charge in [-0.05, 0) is 24.5 Å². The fraction of sp³-hybridized carbons (Fsp3) is 0.300. The molecule has 0 saturated heterocycles. The van der Waals surface area contributed by atoms with Crippen LogP contribution in [0.25, 0.3) is 0 Å². The van der Waals surface area contributed by atoms with E-state index in [1.165, 1.54) is 12.3 Å². The molecule has 0 aromatic carbocycles. The number of rotatable bonds is 4. The second-order valence-electron chi connectivity index (χ2n) is 2.91. The summed E-state index contributed by atoms with van der Waals surface area (Å²) in [5.41, 5.74) is 6.53. The first-order valence-electron chi connectivity index (χ1n) is 4.21. The van der Waals surface area contributed by atoms with Gasteiger partial charge in [-0.2, -0.15) is 0 Å². The molecule has 3 heteroatoms. The van der Waals surface area contributed by atoms with Crippen LogP contribution < -0.4 is 5.73 Å². The molecule has 1 heterocycles. The van der Waals surface area contributed by atoms with Crippen molar-refractivity contribution < 1.29 is 4.39 Å². The van der Waals surface area contributed by atoms with Crippen molar-refractivity contribution in [2.45, 2.75) is 18.9 Å². The summed E-state index contributed by atoms with van der Waals surface area (Å²) >= 11 is 0. The maximum atomic E-state index is 12.7. The second kappa shape index (κ2) is 4.72. The van der Waals surface area contributed by atoms with Crippen molar-refractivity contribution in [3.05, 3.63) is 42.5 Å². The normalized spacial score (nSPS) is 12.5. The molecule has 0 aliphatic heterocycles. The quantitative estimate of drug-likeness (QED) is 0.721. The molecule has 13 heavy (non-hydrogen) atoms. The molecular weight excluding hydrogens is 167 g/mol. The zero-order valence-electron chi connectivity index (χ0n) is 7.41. The monoisotopic (exact) mass is 180 g/mol. The molecule has 70 valence electrons. The van der Waals surface area contributed by atoms with Crippen molar-refractivity contribution in [2.75, 3.05) is 0 Å². The molecule has 0 aliphatic rings. The molecule has 0 bridgehead atoms. The summed E-state index contributed by atoms with van der Waals surface area (Å²) in [6, 6.07) is 1.27. The lowest BCUT2D eigenvalue weighted by Gasteiger charge is -2.09. The first kappa shape index (κ1) is 9.86. The highest BCUT2D eigenvalue weighted by Crippen LogP contribution is 2.15. The molecule has 1 atom stereocenters. The van der Waals surface area contributed by atoms with Gasteiger partial charge in [0.05, 0.1) is 6.20 Å². The molecule has 2 nitrogen and oxygen atoms in total. The van der Waals surface area contributed by atoms with E-state index in [0.717, 1.165) is 18.4 Å². The van der Waals surface area contributed by atoms with Gasteiger partial charge >= 0.3 is 0 Å². The first-order chi connectivity index (χ1) is 6.24. The largest absolute Gasteiger partial charge is 0.324 e. The van der Waals surface area contributed by atoms with Crippen LogP contribution in [-0.4, -0.2) is 4.98 Å². The smallest absolute Gasteiger partial charge is 0.141 e. The average Bonchev–Trinajstić information content (AvgIpc) is 2.14. The Morgan fingerprint density at radius 3 is 3.00 bits per heavy atom. The highest BCUT2D eigenvalue weighted by molar-refractivity contribution is 5.14. The number of nitrogens with two attached hydrogens (primary N) is 1. The first-order valence-corrected chi connectivity index (χ1v) is 4.21. The van der Waals surface area contributed by atoms with Gasteiger partial charge in [-0.25, -0.2) is 4.39 Å². The van der Waals surface area contributed by atoms with E-state index in [-0.39, 0.29) is 11.9 Å². The average molecular weight is 180 g/mol. The minimum Gasteiger partial charge on any atom is -0.324 e. The van der Waals surface area contributed by atoms with Gasteiger partial charge < -0.3 is 5.73 Å². The summed E-state index contributed by atoms with van der Waals surface area (Å²) in [4.78, 5) is 3.73. The number of hydrogen-bond acceptors (Lipinski definition) is 2. The highest BCUT2D eigenvalue weighted by atomic mass is 19.1. The Morgan fingerprint density at radius 2 is 2.38 bits per heavy atom. The molecule has 1 aromatic rings. The van der Waals surface area contributed by atoms with E-state index in [2.05, 4.69) is 11.6 Å². The van der Waals surface area contributed by atoms with Gasteiger partial charge in [0, 0.05) is 12.2 Å². The van der Waals surface area contributed by atoms with E-state index in [1.807, 2.05) is 0 Å².